The quantitative estimate of drug-likeness (QED) is 0.485. The van der Waals surface area contributed by atoms with Crippen molar-refractivity contribution in [1.29, 1.82) is 5.41 Å². The number of aromatic nitrogens is 1. The van der Waals surface area contributed by atoms with Gasteiger partial charge in [-0.25, -0.2) is 0 Å². The minimum atomic E-state index is 0.448. The Bertz CT molecular complexity index is 392. The van der Waals surface area contributed by atoms with Crippen LogP contribution >= 0.6 is 0 Å². The first-order chi connectivity index (χ1) is 5.81. The Kier molecular flexibility index (Phi) is 1.40. The molecule has 0 fully saturated rings. The summed E-state index contributed by atoms with van der Waals surface area (Å²) >= 11 is 0. The van der Waals surface area contributed by atoms with Crippen molar-refractivity contribution in [2.24, 2.45) is 0 Å². The summed E-state index contributed by atoms with van der Waals surface area (Å²) in [7, 11) is 0. The molecule has 12 heavy (non-hydrogen) atoms. The van der Waals surface area contributed by atoms with Crippen molar-refractivity contribution < 1.29 is 5.11 Å². The molecule has 3 N–H and O–H groups in total. The molecular formula is C8H9N3O. The maximum Gasteiger partial charge on any atom is 0.0863 e. The lowest BCUT2D eigenvalue weighted by Crippen LogP contribution is -2.10. The first kappa shape index (κ1) is 6.97. The van der Waals surface area contributed by atoms with Gasteiger partial charge in [0.15, 0.2) is 0 Å². The highest BCUT2D eigenvalue weighted by molar-refractivity contribution is 5.67. The lowest BCUT2D eigenvalue weighted by molar-refractivity contribution is 0.475. The maximum atomic E-state index is 8.83. The fraction of sp³-hybridized carbons (Fsp3) is 0.125. The second-order valence-electron chi connectivity index (χ2n) is 2.66. The second-order valence-corrected chi connectivity index (χ2v) is 2.66. The zero-order valence-corrected chi connectivity index (χ0v) is 6.41. The molecule has 0 atom stereocenters. The van der Waals surface area contributed by atoms with Crippen LogP contribution in [0.2, 0.25) is 0 Å². The molecule has 4 nitrogen and oxygen atoms in total. The molecule has 0 aliphatic carbocycles. The monoisotopic (exact) mass is 163 g/mol. The van der Waals surface area contributed by atoms with E-state index in [0.717, 1.165) is 17.5 Å². The molecule has 1 aromatic heterocycles. The van der Waals surface area contributed by atoms with Crippen LogP contribution in [-0.4, -0.2) is 16.3 Å². The fourth-order valence-electron chi connectivity index (χ4n) is 1.26. The van der Waals surface area contributed by atoms with Crippen molar-refractivity contribution in [2.75, 3.05) is 12.0 Å². The van der Waals surface area contributed by atoms with Gasteiger partial charge in [-0.3, -0.25) is 4.68 Å². The van der Waals surface area contributed by atoms with Gasteiger partial charge in [0.1, 0.15) is 0 Å². The number of aliphatic hydroxyl groups excluding tert-OH is 1. The molecular weight excluding hydrogens is 154 g/mol. The molecule has 1 aliphatic rings. The topological polar surface area (TPSA) is 61.0 Å². The van der Waals surface area contributed by atoms with Crippen molar-refractivity contribution in [3.05, 3.63) is 35.6 Å². The van der Waals surface area contributed by atoms with E-state index in [-0.39, 0.29) is 0 Å². The minimum absolute atomic E-state index is 0.448. The summed E-state index contributed by atoms with van der Waals surface area (Å²) in [6.45, 7) is 0.611. The van der Waals surface area contributed by atoms with Crippen LogP contribution in [0.25, 0.3) is 5.57 Å². The first-order valence-electron chi connectivity index (χ1n) is 3.66. The highest BCUT2D eigenvalue weighted by Crippen LogP contribution is 2.15. The molecule has 0 radical (unpaired) electrons. The Morgan fingerprint density at radius 1 is 1.67 bits per heavy atom. The Labute approximate surface area is 69.3 Å². The zero-order valence-electron chi connectivity index (χ0n) is 6.41. The third-order valence-corrected chi connectivity index (χ3v) is 1.88. The van der Waals surface area contributed by atoms with Crippen molar-refractivity contribution >= 4 is 5.57 Å². The number of rotatable bonds is 0. The van der Waals surface area contributed by atoms with Gasteiger partial charge < -0.3 is 15.9 Å². The van der Waals surface area contributed by atoms with Crippen LogP contribution < -0.4 is 10.8 Å². The van der Waals surface area contributed by atoms with Gasteiger partial charge in [0, 0.05) is 11.8 Å². The van der Waals surface area contributed by atoms with Crippen LogP contribution in [0.3, 0.4) is 0 Å². The number of hydrogen-bond donors (Lipinski definition) is 3. The average Bonchev–Trinajstić information content (AvgIpc) is 2.46. The van der Waals surface area contributed by atoms with Gasteiger partial charge in [0.25, 0.3) is 0 Å². The minimum Gasteiger partial charge on any atom is -0.515 e. The summed E-state index contributed by atoms with van der Waals surface area (Å²) in [6.07, 6.45) is 2.85. The van der Waals surface area contributed by atoms with Crippen LogP contribution in [0.5, 0.6) is 0 Å². The van der Waals surface area contributed by atoms with Crippen molar-refractivity contribution in [3.8, 4) is 0 Å². The third kappa shape index (κ3) is 0.887. The average molecular weight is 163 g/mol. The number of aliphatic hydroxyl groups is 1. The van der Waals surface area contributed by atoms with E-state index in [1.807, 2.05) is 0 Å². The Morgan fingerprint density at radius 2 is 2.50 bits per heavy atom. The molecule has 1 aromatic rings. The lowest BCUT2D eigenvalue weighted by atomic mass is 10.2. The van der Waals surface area contributed by atoms with Gasteiger partial charge in [-0.2, -0.15) is 0 Å². The Hall–Kier alpha value is -1.71. The number of pyridine rings is 1. The van der Waals surface area contributed by atoms with E-state index in [0.29, 0.717) is 11.9 Å². The first-order valence-corrected chi connectivity index (χ1v) is 3.66. The SMILES string of the molecule is N=c1ccn2c(c1)C(=CO)CN2. The van der Waals surface area contributed by atoms with E-state index in [9.17, 15) is 0 Å². The van der Waals surface area contributed by atoms with Gasteiger partial charge in [-0.05, 0) is 12.1 Å². The predicted molar refractivity (Wildman–Crippen MR) is 45.1 cm³/mol. The summed E-state index contributed by atoms with van der Waals surface area (Å²) in [5.74, 6) is 0. The molecule has 0 aromatic carbocycles. The van der Waals surface area contributed by atoms with E-state index in [1.54, 1.807) is 23.0 Å². The Balaban J connectivity index is 2.64. The largest absolute Gasteiger partial charge is 0.515 e. The molecule has 0 saturated carbocycles. The van der Waals surface area contributed by atoms with E-state index < -0.39 is 0 Å². The van der Waals surface area contributed by atoms with Crippen molar-refractivity contribution in [1.82, 2.24) is 4.68 Å². The van der Waals surface area contributed by atoms with E-state index >= 15 is 0 Å². The van der Waals surface area contributed by atoms with Crippen LogP contribution in [0, 0.1) is 5.41 Å². The van der Waals surface area contributed by atoms with Crippen LogP contribution in [0.4, 0.5) is 0 Å². The zero-order chi connectivity index (χ0) is 8.55. The highest BCUT2D eigenvalue weighted by Gasteiger charge is 2.12. The normalized spacial score (nSPS) is 17.5. The van der Waals surface area contributed by atoms with Crippen LogP contribution in [0.15, 0.2) is 24.6 Å². The number of nitrogens with one attached hydrogen (secondary N) is 2. The second kappa shape index (κ2) is 2.41. The maximum absolute atomic E-state index is 8.83. The van der Waals surface area contributed by atoms with Gasteiger partial charge in [0.2, 0.25) is 0 Å². The number of nitrogens with zero attached hydrogens (tertiary/aromatic N) is 1. The van der Waals surface area contributed by atoms with Crippen LogP contribution in [-0.2, 0) is 0 Å². The molecule has 1 aliphatic heterocycles. The van der Waals surface area contributed by atoms with Gasteiger partial charge in [-0.15, -0.1) is 0 Å². The fourth-order valence-corrected chi connectivity index (χ4v) is 1.26. The van der Waals surface area contributed by atoms with Gasteiger partial charge in [-0.1, -0.05) is 0 Å². The molecule has 0 unspecified atom stereocenters. The molecule has 0 spiro atoms. The summed E-state index contributed by atoms with van der Waals surface area (Å²) in [5.41, 5.74) is 4.69. The molecule has 0 amide bonds. The predicted octanol–water partition coefficient (Wildman–Crippen LogP) is 0.424. The standard InChI is InChI=1S/C8H9N3O/c9-7-1-2-11-8(3-7)6(5-12)4-10-11/h1-3,5,9-10,12H,4H2. The summed E-state index contributed by atoms with van der Waals surface area (Å²) in [5, 5.41) is 16.7. The van der Waals surface area contributed by atoms with E-state index in [1.165, 1.54) is 0 Å². The molecule has 2 heterocycles. The van der Waals surface area contributed by atoms with E-state index in [2.05, 4.69) is 5.43 Å². The van der Waals surface area contributed by atoms with Gasteiger partial charge >= 0.3 is 0 Å². The molecule has 2 rings (SSSR count). The summed E-state index contributed by atoms with van der Waals surface area (Å²) < 4.78 is 1.79. The van der Waals surface area contributed by atoms with Crippen molar-refractivity contribution in [2.45, 2.75) is 0 Å². The lowest BCUT2D eigenvalue weighted by Gasteiger charge is -2.01. The third-order valence-electron chi connectivity index (χ3n) is 1.88. The Morgan fingerprint density at radius 3 is 3.25 bits per heavy atom. The van der Waals surface area contributed by atoms with Crippen molar-refractivity contribution in [3.63, 3.8) is 0 Å². The highest BCUT2D eigenvalue weighted by atomic mass is 16.2. The molecule has 0 saturated heterocycles. The van der Waals surface area contributed by atoms with E-state index in [4.69, 9.17) is 10.5 Å². The number of hydrogen-bond acceptors (Lipinski definition) is 3. The number of fused-ring (bicyclic) bond motifs is 1. The summed E-state index contributed by atoms with van der Waals surface area (Å²) in [4.78, 5) is 0. The smallest absolute Gasteiger partial charge is 0.0863 e. The molecule has 62 valence electrons. The summed E-state index contributed by atoms with van der Waals surface area (Å²) in [6, 6.07) is 3.40. The molecule has 4 heteroatoms. The molecule has 0 bridgehead atoms. The van der Waals surface area contributed by atoms with Crippen LogP contribution in [0.1, 0.15) is 5.69 Å². The van der Waals surface area contributed by atoms with Gasteiger partial charge in [0.05, 0.1) is 23.9 Å².